The fourth-order valence-corrected chi connectivity index (χ4v) is 4.52. The van der Waals surface area contributed by atoms with Crippen molar-refractivity contribution in [1.29, 1.82) is 0 Å². The second kappa shape index (κ2) is 8.21. The highest BCUT2D eigenvalue weighted by molar-refractivity contribution is 7.89. The number of amides is 1. The standard InChI is InChI=1S/C19H20ClN3O3S/c1-14(15-7-9-17(20)10-8-15)21-22-19(24)16-5-4-6-18(13-16)27(25,26)23-11-2-3-12-23/h4-10,13H,2-3,11-12H2,1H3,(H,22,24)/b21-14-. The van der Waals surface area contributed by atoms with Crippen LogP contribution >= 0.6 is 11.6 Å². The van der Waals surface area contributed by atoms with Crippen LogP contribution in [0.4, 0.5) is 0 Å². The molecular formula is C19H20ClN3O3S. The number of hydrogen-bond donors (Lipinski definition) is 1. The van der Waals surface area contributed by atoms with E-state index in [0.717, 1.165) is 18.4 Å². The van der Waals surface area contributed by atoms with Crippen molar-refractivity contribution in [3.8, 4) is 0 Å². The molecule has 8 heteroatoms. The molecule has 1 saturated heterocycles. The van der Waals surface area contributed by atoms with Crippen LogP contribution in [0.2, 0.25) is 5.02 Å². The van der Waals surface area contributed by atoms with Gasteiger partial charge in [0.2, 0.25) is 10.0 Å². The molecule has 1 fully saturated rings. The molecule has 1 heterocycles. The molecule has 0 unspecified atom stereocenters. The minimum Gasteiger partial charge on any atom is -0.267 e. The molecule has 0 aromatic heterocycles. The van der Waals surface area contributed by atoms with Crippen molar-refractivity contribution in [2.24, 2.45) is 5.10 Å². The van der Waals surface area contributed by atoms with Crippen LogP contribution in [-0.2, 0) is 10.0 Å². The zero-order chi connectivity index (χ0) is 19.4. The zero-order valence-electron chi connectivity index (χ0n) is 14.9. The van der Waals surface area contributed by atoms with Crippen LogP contribution in [0, 0.1) is 0 Å². The largest absolute Gasteiger partial charge is 0.271 e. The van der Waals surface area contributed by atoms with Crippen LogP contribution in [0.25, 0.3) is 0 Å². The van der Waals surface area contributed by atoms with Gasteiger partial charge in [0, 0.05) is 23.7 Å². The van der Waals surface area contributed by atoms with Crippen molar-refractivity contribution in [2.45, 2.75) is 24.7 Å². The number of rotatable bonds is 5. The smallest absolute Gasteiger partial charge is 0.267 e. The normalized spacial score (nSPS) is 15.7. The lowest BCUT2D eigenvalue weighted by molar-refractivity contribution is 0.0954. The second-order valence-electron chi connectivity index (χ2n) is 6.28. The van der Waals surface area contributed by atoms with E-state index >= 15 is 0 Å². The van der Waals surface area contributed by atoms with E-state index in [1.54, 1.807) is 43.3 Å². The third-order valence-electron chi connectivity index (χ3n) is 4.39. The first-order valence-electron chi connectivity index (χ1n) is 8.59. The topological polar surface area (TPSA) is 78.8 Å². The van der Waals surface area contributed by atoms with Crippen LogP contribution in [0.3, 0.4) is 0 Å². The van der Waals surface area contributed by atoms with Crippen LogP contribution in [0.15, 0.2) is 58.5 Å². The Labute approximate surface area is 163 Å². The predicted octanol–water partition coefficient (Wildman–Crippen LogP) is 3.28. The summed E-state index contributed by atoms with van der Waals surface area (Å²) in [6.07, 6.45) is 1.72. The van der Waals surface area contributed by atoms with Gasteiger partial charge in [0.1, 0.15) is 0 Å². The summed E-state index contributed by atoms with van der Waals surface area (Å²) in [5, 5.41) is 4.70. The molecule has 2 aromatic rings. The molecule has 3 rings (SSSR count). The van der Waals surface area contributed by atoms with Gasteiger partial charge < -0.3 is 0 Å². The van der Waals surface area contributed by atoms with Gasteiger partial charge in [-0.05, 0) is 55.7 Å². The first-order valence-corrected chi connectivity index (χ1v) is 10.4. The maximum atomic E-state index is 12.6. The molecule has 0 atom stereocenters. The molecule has 0 bridgehead atoms. The lowest BCUT2D eigenvalue weighted by Gasteiger charge is -2.15. The molecule has 6 nitrogen and oxygen atoms in total. The molecule has 0 saturated carbocycles. The van der Waals surface area contributed by atoms with E-state index in [4.69, 9.17) is 11.6 Å². The van der Waals surface area contributed by atoms with Gasteiger partial charge in [-0.15, -0.1) is 0 Å². The molecule has 1 amide bonds. The van der Waals surface area contributed by atoms with Crippen molar-refractivity contribution in [3.05, 3.63) is 64.7 Å². The molecule has 1 aliphatic rings. The van der Waals surface area contributed by atoms with Gasteiger partial charge in [-0.1, -0.05) is 29.8 Å². The number of sulfonamides is 1. The van der Waals surface area contributed by atoms with Gasteiger partial charge in [-0.25, -0.2) is 13.8 Å². The zero-order valence-corrected chi connectivity index (χ0v) is 16.4. The lowest BCUT2D eigenvalue weighted by atomic mass is 10.1. The van der Waals surface area contributed by atoms with E-state index in [2.05, 4.69) is 10.5 Å². The Balaban J connectivity index is 1.75. The van der Waals surface area contributed by atoms with Gasteiger partial charge in [-0.2, -0.15) is 9.41 Å². The maximum absolute atomic E-state index is 12.6. The number of nitrogens with one attached hydrogen (secondary N) is 1. The quantitative estimate of drug-likeness (QED) is 0.612. The highest BCUT2D eigenvalue weighted by Crippen LogP contribution is 2.21. The van der Waals surface area contributed by atoms with Crippen molar-refractivity contribution < 1.29 is 13.2 Å². The van der Waals surface area contributed by atoms with Gasteiger partial charge in [0.25, 0.3) is 5.91 Å². The number of carbonyl (C=O) groups is 1. The number of hydrogen-bond acceptors (Lipinski definition) is 4. The average Bonchev–Trinajstić information content (AvgIpc) is 3.22. The van der Waals surface area contributed by atoms with Crippen LogP contribution < -0.4 is 5.43 Å². The Morgan fingerprint density at radius 1 is 1.07 bits per heavy atom. The Kier molecular flexibility index (Phi) is 5.94. The monoisotopic (exact) mass is 405 g/mol. The van der Waals surface area contributed by atoms with E-state index in [-0.39, 0.29) is 10.5 Å². The summed E-state index contributed by atoms with van der Waals surface area (Å²) in [4.78, 5) is 12.5. The minimum atomic E-state index is -3.57. The Morgan fingerprint density at radius 3 is 2.41 bits per heavy atom. The van der Waals surface area contributed by atoms with Gasteiger partial charge >= 0.3 is 0 Å². The third-order valence-corrected chi connectivity index (χ3v) is 6.53. The molecule has 0 radical (unpaired) electrons. The van der Waals surface area contributed by atoms with Crippen molar-refractivity contribution in [1.82, 2.24) is 9.73 Å². The first kappa shape index (κ1) is 19.5. The van der Waals surface area contributed by atoms with Crippen molar-refractivity contribution in [2.75, 3.05) is 13.1 Å². The fraction of sp³-hybridized carbons (Fsp3) is 0.263. The van der Waals surface area contributed by atoms with Gasteiger partial charge in [0.05, 0.1) is 10.6 Å². The van der Waals surface area contributed by atoms with Crippen molar-refractivity contribution >= 4 is 33.2 Å². The van der Waals surface area contributed by atoms with E-state index in [9.17, 15) is 13.2 Å². The third kappa shape index (κ3) is 4.55. The lowest BCUT2D eigenvalue weighted by Crippen LogP contribution is -2.28. The van der Waals surface area contributed by atoms with Gasteiger partial charge in [0.15, 0.2) is 0 Å². The Hall–Kier alpha value is -2.22. The highest BCUT2D eigenvalue weighted by Gasteiger charge is 2.27. The SMILES string of the molecule is C/C(=N/NC(=O)c1cccc(S(=O)(=O)N2CCCC2)c1)c1ccc(Cl)cc1. The molecule has 0 aliphatic carbocycles. The molecular weight excluding hydrogens is 386 g/mol. The molecule has 1 aliphatic heterocycles. The second-order valence-corrected chi connectivity index (χ2v) is 8.66. The predicted molar refractivity (Wildman–Crippen MR) is 106 cm³/mol. The summed E-state index contributed by atoms with van der Waals surface area (Å²) in [5.74, 6) is -0.471. The van der Waals surface area contributed by atoms with E-state index in [1.807, 2.05) is 0 Å². The minimum absolute atomic E-state index is 0.121. The number of hydrazone groups is 1. The molecule has 2 aromatic carbocycles. The molecule has 1 N–H and O–H groups in total. The fourth-order valence-electron chi connectivity index (χ4n) is 2.83. The Bertz CT molecular complexity index is 966. The average molecular weight is 406 g/mol. The summed E-state index contributed by atoms with van der Waals surface area (Å²) in [6, 6.07) is 13.1. The number of benzene rings is 2. The van der Waals surface area contributed by atoms with Crippen LogP contribution in [0.1, 0.15) is 35.7 Å². The Morgan fingerprint density at radius 2 is 1.74 bits per heavy atom. The van der Waals surface area contributed by atoms with Crippen LogP contribution in [0.5, 0.6) is 0 Å². The van der Waals surface area contributed by atoms with E-state index < -0.39 is 15.9 Å². The highest BCUT2D eigenvalue weighted by atomic mass is 35.5. The molecule has 142 valence electrons. The van der Waals surface area contributed by atoms with Crippen molar-refractivity contribution in [3.63, 3.8) is 0 Å². The summed E-state index contributed by atoms with van der Waals surface area (Å²) in [6.45, 7) is 2.80. The number of halogens is 1. The van der Waals surface area contributed by atoms with E-state index in [1.165, 1.54) is 16.4 Å². The number of nitrogens with zero attached hydrogens (tertiary/aromatic N) is 2. The summed E-state index contributed by atoms with van der Waals surface area (Å²) < 4.78 is 26.7. The van der Waals surface area contributed by atoms with Crippen LogP contribution in [-0.4, -0.2) is 37.4 Å². The summed E-state index contributed by atoms with van der Waals surface area (Å²) >= 11 is 5.86. The number of carbonyl (C=O) groups excluding carboxylic acids is 1. The molecule has 0 spiro atoms. The summed E-state index contributed by atoms with van der Waals surface area (Å²) in [7, 11) is -3.57. The first-order chi connectivity index (χ1) is 12.9. The summed E-state index contributed by atoms with van der Waals surface area (Å²) in [5.41, 5.74) is 4.14. The molecule has 27 heavy (non-hydrogen) atoms. The van der Waals surface area contributed by atoms with Gasteiger partial charge in [-0.3, -0.25) is 4.79 Å². The van der Waals surface area contributed by atoms with E-state index in [0.29, 0.717) is 23.8 Å². The maximum Gasteiger partial charge on any atom is 0.271 e.